The fourth-order valence-corrected chi connectivity index (χ4v) is 5.03. The second-order valence-corrected chi connectivity index (χ2v) is 8.69. The lowest BCUT2D eigenvalue weighted by molar-refractivity contribution is -0.145. The van der Waals surface area contributed by atoms with Crippen LogP contribution in [0.2, 0.25) is 0 Å². The normalized spacial score (nSPS) is 20.0. The van der Waals surface area contributed by atoms with Crippen LogP contribution >= 0.6 is 35.7 Å². The van der Waals surface area contributed by atoms with Crippen LogP contribution < -0.4 is 4.90 Å². The summed E-state index contributed by atoms with van der Waals surface area (Å²) in [5.74, 6) is -2.30. The van der Waals surface area contributed by atoms with Gasteiger partial charge in [0.25, 0.3) is 11.8 Å². The Hall–Kier alpha value is -2.17. The number of hydrogen-bond acceptors (Lipinski definition) is 7. The molecule has 1 fully saturated rings. The number of anilines is 1. The second kappa shape index (κ2) is 8.06. The number of amides is 3. The zero-order chi connectivity index (χ0) is 20.6. The highest BCUT2D eigenvalue weighted by molar-refractivity contribution is 8.26. The maximum absolute atomic E-state index is 13.1. The lowest BCUT2D eigenvalue weighted by atomic mass is 10.1. The summed E-state index contributed by atoms with van der Waals surface area (Å²) in [4.78, 5) is 51.8. The molecule has 28 heavy (non-hydrogen) atoms. The number of para-hydroxylation sites is 1. The SMILES string of the molecule is CSCCC(C(=O)O)N1C(=O)/C(=C2/C(=O)N(C(C)=O)c3ccccc32)SC1=S. The molecule has 1 aromatic rings. The molecule has 0 aliphatic carbocycles. The van der Waals surface area contributed by atoms with Crippen LogP contribution in [0.5, 0.6) is 0 Å². The van der Waals surface area contributed by atoms with Crippen molar-refractivity contribution >= 4 is 75.0 Å². The Morgan fingerprint density at radius 1 is 1.25 bits per heavy atom. The first-order chi connectivity index (χ1) is 13.3. The van der Waals surface area contributed by atoms with Gasteiger partial charge in [0.15, 0.2) is 0 Å². The summed E-state index contributed by atoms with van der Waals surface area (Å²) in [6, 6.07) is 5.57. The van der Waals surface area contributed by atoms with E-state index in [1.54, 1.807) is 24.3 Å². The summed E-state index contributed by atoms with van der Waals surface area (Å²) < 4.78 is 0.0903. The molecule has 7 nitrogen and oxygen atoms in total. The van der Waals surface area contributed by atoms with E-state index in [-0.39, 0.29) is 21.2 Å². The minimum Gasteiger partial charge on any atom is -0.480 e. The molecule has 1 atom stereocenters. The molecule has 2 aliphatic heterocycles. The van der Waals surface area contributed by atoms with Crippen LogP contribution in [-0.4, -0.2) is 56.1 Å². The van der Waals surface area contributed by atoms with Gasteiger partial charge in [0.1, 0.15) is 10.4 Å². The third-order valence-electron chi connectivity index (χ3n) is 4.36. The minimum absolute atomic E-state index is 0.0570. The van der Waals surface area contributed by atoms with E-state index in [0.29, 0.717) is 17.0 Å². The number of imide groups is 1. The number of thioether (sulfide) groups is 2. The summed E-state index contributed by atoms with van der Waals surface area (Å²) in [6.45, 7) is 1.27. The topological polar surface area (TPSA) is 95.0 Å². The summed E-state index contributed by atoms with van der Waals surface area (Å²) in [5.41, 5.74) is 0.941. The van der Waals surface area contributed by atoms with E-state index in [4.69, 9.17) is 12.2 Å². The third kappa shape index (κ3) is 3.36. The van der Waals surface area contributed by atoms with Crippen molar-refractivity contribution in [3.63, 3.8) is 0 Å². The summed E-state index contributed by atoms with van der Waals surface area (Å²) in [7, 11) is 0. The maximum Gasteiger partial charge on any atom is 0.326 e. The predicted octanol–water partition coefficient (Wildman–Crippen LogP) is 2.36. The third-order valence-corrected chi connectivity index (χ3v) is 6.41. The zero-order valence-electron chi connectivity index (χ0n) is 15.0. The van der Waals surface area contributed by atoms with E-state index in [1.807, 2.05) is 6.26 Å². The summed E-state index contributed by atoms with van der Waals surface area (Å²) >= 11 is 7.63. The van der Waals surface area contributed by atoms with E-state index >= 15 is 0 Å². The van der Waals surface area contributed by atoms with E-state index < -0.39 is 29.7 Å². The van der Waals surface area contributed by atoms with Gasteiger partial charge in [-0.15, -0.1) is 0 Å². The van der Waals surface area contributed by atoms with Gasteiger partial charge in [0.2, 0.25) is 5.91 Å². The number of benzene rings is 1. The van der Waals surface area contributed by atoms with Gasteiger partial charge in [-0.05, 0) is 24.5 Å². The lowest BCUT2D eigenvalue weighted by Crippen LogP contribution is -2.44. The summed E-state index contributed by atoms with van der Waals surface area (Å²) in [5, 5.41) is 9.56. The van der Waals surface area contributed by atoms with Crippen molar-refractivity contribution in [3.8, 4) is 0 Å². The molecule has 1 N–H and O–H groups in total. The molecule has 3 amide bonds. The largest absolute Gasteiger partial charge is 0.480 e. The first-order valence-electron chi connectivity index (χ1n) is 8.25. The molecular weight excluding hydrogens is 420 g/mol. The van der Waals surface area contributed by atoms with E-state index in [0.717, 1.165) is 21.6 Å². The fraction of sp³-hybridized carbons (Fsp3) is 0.278. The van der Waals surface area contributed by atoms with Gasteiger partial charge in [-0.3, -0.25) is 19.3 Å². The van der Waals surface area contributed by atoms with Crippen LogP contribution in [0, 0.1) is 0 Å². The number of carbonyl (C=O) groups excluding carboxylic acids is 3. The Bertz CT molecular complexity index is 943. The number of carboxylic acids is 1. The standard InChI is InChI=1S/C18H16N2O5S3/c1-9(21)19-11-6-4-3-5-10(11)13(15(19)22)14-16(23)20(18(26)28-14)12(17(24)25)7-8-27-2/h3-6,12H,7-8H2,1-2H3,(H,24,25)/b14-13-. The molecule has 0 aromatic heterocycles. The van der Waals surface area contributed by atoms with Gasteiger partial charge in [0, 0.05) is 12.5 Å². The molecule has 2 aliphatic rings. The van der Waals surface area contributed by atoms with Crippen molar-refractivity contribution in [1.29, 1.82) is 0 Å². The number of carbonyl (C=O) groups is 4. The number of aliphatic carboxylic acids is 1. The van der Waals surface area contributed by atoms with Crippen LogP contribution in [0.3, 0.4) is 0 Å². The molecule has 2 heterocycles. The van der Waals surface area contributed by atoms with Crippen molar-refractivity contribution in [1.82, 2.24) is 4.90 Å². The van der Waals surface area contributed by atoms with Crippen LogP contribution in [0.1, 0.15) is 18.9 Å². The molecule has 1 saturated heterocycles. The highest BCUT2D eigenvalue weighted by atomic mass is 32.2. The molecule has 0 radical (unpaired) electrons. The van der Waals surface area contributed by atoms with Gasteiger partial charge >= 0.3 is 5.97 Å². The van der Waals surface area contributed by atoms with E-state index in [9.17, 15) is 24.3 Å². The molecule has 1 unspecified atom stereocenters. The number of hydrogen-bond donors (Lipinski definition) is 1. The second-order valence-electron chi connectivity index (χ2n) is 6.06. The highest BCUT2D eigenvalue weighted by Crippen LogP contribution is 2.45. The van der Waals surface area contributed by atoms with Gasteiger partial charge in [-0.2, -0.15) is 11.8 Å². The van der Waals surface area contributed by atoms with Gasteiger partial charge in [-0.1, -0.05) is 42.2 Å². The number of thiocarbonyl (C=S) groups is 1. The summed E-state index contributed by atoms with van der Waals surface area (Å²) in [6.07, 6.45) is 2.07. The van der Waals surface area contributed by atoms with Crippen molar-refractivity contribution in [3.05, 3.63) is 34.7 Å². The smallest absolute Gasteiger partial charge is 0.326 e. The van der Waals surface area contributed by atoms with Crippen LogP contribution in [0.25, 0.3) is 5.57 Å². The average molecular weight is 437 g/mol. The molecule has 1 aromatic carbocycles. The molecule has 0 saturated carbocycles. The Balaban J connectivity index is 2.09. The number of rotatable bonds is 5. The molecule has 0 spiro atoms. The van der Waals surface area contributed by atoms with Crippen molar-refractivity contribution in [2.24, 2.45) is 0 Å². The Morgan fingerprint density at radius 2 is 1.93 bits per heavy atom. The first-order valence-corrected chi connectivity index (χ1v) is 10.9. The Labute approximate surface area is 175 Å². The molecular formula is C18H16N2O5S3. The van der Waals surface area contributed by atoms with Gasteiger partial charge in [-0.25, -0.2) is 9.69 Å². The molecule has 3 rings (SSSR count). The molecule has 146 valence electrons. The highest BCUT2D eigenvalue weighted by Gasteiger charge is 2.46. The monoisotopic (exact) mass is 436 g/mol. The zero-order valence-corrected chi connectivity index (χ0v) is 17.4. The molecule has 0 bridgehead atoms. The van der Waals surface area contributed by atoms with E-state index in [2.05, 4.69) is 0 Å². The lowest BCUT2D eigenvalue weighted by Gasteiger charge is -2.22. The maximum atomic E-state index is 13.1. The van der Waals surface area contributed by atoms with Crippen molar-refractivity contribution < 1.29 is 24.3 Å². The minimum atomic E-state index is -1.15. The fourth-order valence-electron chi connectivity index (χ4n) is 3.14. The first kappa shape index (κ1) is 20.6. The van der Waals surface area contributed by atoms with Gasteiger partial charge < -0.3 is 5.11 Å². The number of fused-ring (bicyclic) bond motifs is 1. The molecule has 10 heteroatoms. The van der Waals surface area contributed by atoms with Crippen LogP contribution in [0.15, 0.2) is 29.2 Å². The van der Waals surface area contributed by atoms with Crippen LogP contribution in [-0.2, 0) is 19.2 Å². The Morgan fingerprint density at radius 3 is 2.54 bits per heavy atom. The number of nitrogens with zero attached hydrogens (tertiary/aromatic N) is 2. The van der Waals surface area contributed by atoms with E-state index in [1.165, 1.54) is 18.7 Å². The van der Waals surface area contributed by atoms with Crippen LogP contribution in [0.4, 0.5) is 5.69 Å². The quantitative estimate of drug-likeness (QED) is 0.555. The number of carboxylic acid groups (broad SMARTS) is 1. The van der Waals surface area contributed by atoms with Gasteiger partial charge in [0.05, 0.1) is 16.2 Å². The average Bonchev–Trinajstić information content (AvgIpc) is 3.08. The predicted molar refractivity (Wildman–Crippen MR) is 113 cm³/mol. The Kier molecular flexibility index (Phi) is 5.92. The van der Waals surface area contributed by atoms with Crippen molar-refractivity contribution in [2.45, 2.75) is 19.4 Å². The van der Waals surface area contributed by atoms with Crippen molar-refractivity contribution in [2.75, 3.05) is 16.9 Å².